The molecule has 0 saturated heterocycles. The summed E-state index contributed by atoms with van der Waals surface area (Å²) in [6, 6.07) is 3.61. The van der Waals surface area contributed by atoms with Gasteiger partial charge in [0.1, 0.15) is 15.0 Å². The first-order chi connectivity index (χ1) is 8.63. The van der Waals surface area contributed by atoms with Gasteiger partial charge in [-0.3, -0.25) is 4.79 Å². The van der Waals surface area contributed by atoms with Gasteiger partial charge in [0.05, 0.1) is 5.92 Å². The van der Waals surface area contributed by atoms with Gasteiger partial charge in [0.2, 0.25) is 5.91 Å². The van der Waals surface area contributed by atoms with Crippen molar-refractivity contribution < 1.29 is 17.6 Å². The molecule has 1 aliphatic rings. The van der Waals surface area contributed by atoms with E-state index in [4.69, 9.17) is 23.2 Å². The van der Waals surface area contributed by atoms with Crippen molar-refractivity contribution in [2.24, 2.45) is 5.92 Å². The monoisotopic (exact) mass is 325 g/mol. The van der Waals surface area contributed by atoms with Crippen LogP contribution in [0.2, 0.25) is 0 Å². The first kappa shape index (κ1) is 14.6. The lowest BCUT2D eigenvalue weighted by molar-refractivity contribution is -0.120. The molecular formula is C11H10Cl2FNO3S. The molecule has 0 radical (unpaired) electrons. The van der Waals surface area contributed by atoms with Gasteiger partial charge >= 0.3 is 0 Å². The number of alkyl halides is 2. The van der Waals surface area contributed by atoms with Crippen LogP contribution in [-0.4, -0.2) is 18.7 Å². The molecule has 1 aromatic carbocycles. The van der Waals surface area contributed by atoms with Gasteiger partial charge in [0.15, 0.2) is 0 Å². The predicted octanol–water partition coefficient (Wildman–Crippen LogP) is 2.13. The van der Waals surface area contributed by atoms with Crippen molar-refractivity contribution in [3.05, 3.63) is 29.6 Å². The van der Waals surface area contributed by atoms with E-state index >= 15 is 0 Å². The molecule has 1 saturated carbocycles. The summed E-state index contributed by atoms with van der Waals surface area (Å²) in [7, 11) is -4.25. The highest BCUT2D eigenvalue weighted by Gasteiger charge is 2.57. The van der Waals surface area contributed by atoms with E-state index in [1.165, 1.54) is 6.07 Å². The molecule has 0 bridgehead atoms. The molecule has 4 nitrogen and oxygen atoms in total. The molecule has 1 aromatic rings. The number of nitrogens with one attached hydrogen (secondary N) is 1. The van der Waals surface area contributed by atoms with E-state index in [9.17, 15) is 17.6 Å². The first-order valence-electron chi connectivity index (χ1n) is 5.34. The van der Waals surface area contributed by atoms with E-state index in [-0.39, 0.29) is 6.42 Å². The summed E-state index contributed by atoms with van der Waals surface area (Å²) in [6.07, 6.45) is 0.174. The number of halogens is 3. The Kier molecular flexibility index (Phi) is 3.53. The van der Waals surface area contributed by atoms with Crippen LogP contribution >= 0.6 is 23.2 Å². The molecule has 19 heavy (non-hydrogen) atoms. The van der Waals surface area contributed by atoms with Gasteiger partial charge in [-0.25, -0.2) is 17.5 Å². The van der Waals surface area contributed by atoms with Crippen LogP contribution in [0.25, 0.3) is 0 Å². The molecule has 0 spiro atoms. The van der Waals surface area contributed by atoms with Crippen molar-refractivity contribution in [2.75, 3.05) is 0 Å². The molecule has 1 amide bonds. The lowest BCUT2D eigenvalue weighted by Crippen LogP contribution is -2.33. The molecule has 2 rings (SSSR count). The number of hydrogen-bond acceptors (Lipinski definition) is 3. The zero-order chi connectivity index (χ0) is 14.4. The number of carbonyl (C=O) groups is 1. The van der Waals surface area contributed by atoms with Crippen LogP contribution in [0.1, 0.15) is 12.0 Å². The standard InChI is InChI=1S/C11H10Cl2FNO3S/c1-6-2-3-9(8(14)4-6)19(17,18)15-10(16)7-5-11(7,12)13/h2-4,7H,5H2,1H3,(H,15,16)/t7-/m0/s1. The minimum absolute atomic E-state index is 0.174. The zero-order valence-electron chi connectivity index (χ0n) is 9.78. The highest BCUT2D eigenvalue weighted by atomic mass is 35.5. The van der Waals surface area contributed by atoms with Crippen molar-refractivity contribution >= 4 is 39.1 Å². The van der Waals surface area contributed by atoms with Crippen molar-refractivity contribution in [1.29, 1.82) is 0 Å². The third kappa shape index (κ3) is 3.01. The summed E-state index contributed by atoms with van der Waals surface area (Å²) in [5.74, 6) is -2.54. The van der Waals surface area contributed by atoms with Crippen LogP contribution < -0.4 is 4.72 Å². The van der Waals surface area contributed by atoms with Crippen molar-refractivity contribution in [2.45, 2.75) is 22.6 Å². The molecule has 1 N–H and O–H groups in total. The highest BCUT2D eigenvalue weighted by Crippen LogP contribution is 2.53. The molecule has 0 aromatic heterocycles. The maximum atomic E-state index is 13.6. The van der Waals surface area contributed by atoms with Crippen LogP contribution in [0.3, 0.4) is 0 Å². The molecule has 1 fully saturated rings. The average Bonchev–Trinajstić information content (AvgIpc) is 2.86. The summed E-state index contributed by atoms with van der Waals surface area (Å²) in [6.45, 7) is 1.62. The summed E-state index contributed by atoms with van der Waals surface area (Å²) in [5, 5.41) is 0. The third-order valence-corrected chi connectivity index (χ3v) is 4.97. The average molecular weight is 326 g/mol. The van der Waals surface area contributed by atoms with Crippen LogP contribution in [0, 0.1) is 18.7 Å². The Morgan fingerprint density at radius 2 is 2.05 bits per heavy atom. The maximum Gasteiger partial charge on any atom is 0.266 e. The van der Waals surface area contributed by atoms with E-state index in [1.807, 2.05) is 0 Å². The number of carbonyl (C=O) groups excluding carboxylic acids is 1. The largest absolute Gasteiger partial charge is 0.274 e. The Bertz CT molecular complexity index is 645. The molecule has 1 atom stereocenters. The Hall–Kier alpha value is -0.850. The Labute approximate surface area is 119 Å². The third-order valence-electron chi connectivity index (χ3n) is 2.75. The van der Waals surface area contributed by atoms with Crippen molar-refractivity contribution in [3.63, 3.8) is 0 Å². The molecule has 104 valence electrons. The van der Waals surface area contributed by atoms with Crippen LogP contribution in [0.4, 0.5) is 4.39 Å². The van der Waals surface area contributed by atoms with Gasteiger partial charge in [-0.15, -0.1) is 23.2 Å². The van der Waals surface area contributed by atoms with Gasteiger partial charge in [-0.05, 0) is 31.0 Å². The van der Waals surface area contributed by atoms with Gasteiger partial charge in [-0.1, -0.05) is 6.07 Å². The molecule has 0 aliphatic heterocycles. The minimum Gasteiger partial charge on any atom is -0.274 e. The van der Waals surface area contributed by atoms with E-state index in [1.54, 1.807) is 11.6 Å². The fourth-order valence-electron chi connectivity index (χ4n) is 1.58. The number of amides is 1. The predicted molar refractivity (Wildman–Crippen MR) is 69.0 cm³/mol. The van der Waals surface area contributed by atoms with Gasteiger partial charge < -0.3 is 0 Å². The number of sulfonamides is 1. The Balaban J connectivity index is 2.21. The Morgan fingerprint density at radius 1 is 1.47 bits per heavy atom. The molecule has 0 heterocycles. The second-order valence-electron chi connectivity index (χ2n) is 4.42. The van der Waals surface area contributed by atoms with Crippen LogP contribution in [0.15, 0.2) is 23.1 Å². The lowest BCUT2D eigenvalue weighted by Gasteiger charge is -2.08. The zero-order valence-corrected chi connectivity index (χ0v) is 12.1. The van der Waals surface area contributed by atoms with E-state index in [2.05, 4.69) is 0 Å². The summed E-state index contributed by atoms with van der Waals surface area (Å²) >= 11 is 11.3. The van der Waals surface area contributed by atoms with Crippen molar-refractivity contribution in [1.82, 2.24) is 4.72 Å². The fourth-order valence-corrected chi connectivity index (χ4v) is 3.17. The summed E-state index contributed by atoms with van der Waals surface area (Å²) in [5.41, 5.74) is 0.575. The minimum atomic E-state index is -4.25. The first-order valence-corrected chi connectivity index (χ1v) is 7.58. The number of rotatable bonds is 3. The van der Waals surface area contributed by atoms with E-state index in [0.717, 1.165) is 12.1 Å². The summed E-state index contributed by atoms with van der Waals surface area (Å²) in [4.78, 5) is 11.0. The quantitative estimate of drug-likeness (QED) is 0.866. The van der Waals surface area contributed by atoms with Crippen LogP contribution in [0.5, 0.6) is 0 Å². The normalized spacial score (nSPS) is 20.9. The summed E-state index contributed by atoms with van der Waals surface area (Å²) < 4.78 is 37.8. The fraction of sp³-hybridized carbons (Fsp3) is 0.364. The second kappa shape index (κ2) is 4.61. The molecule has 0 unspecified atom stereocenters. The number of benzene rings is 1. The van der Waals surface area contributed by atoms with Crippen LogP contribution in [-0.2, 0) is 14.8 Å². The highest BCUT2D eigenvalue weighted by molar-refractivity contribution is 7.90. The topological polar surface area (TPSA) is 63.2 Å². The number of aryl methyl sites for hydroxylation is 1. The number of hydrogen-bond donors (Lipinski definition) is 1. The molecule has 8 heteroatoms. The van der Waals surface area contributed by atoms with Gasteiger partial charge in [0, 0.05) is 0 Å². The lowest BCUT2D eigenvalue weighted by atomic mass is 10.2. The van der Waals surface area contributed by atoms with E-state index in [0.29, 0.717) is 5.56 Å². The van der Waals surface area contributed by atoms with Crippen molar-refractivity contribution in [3.8, 4) is 0 Å². The molecular weight excluding hydrogens is 316 g/mol. The maximum absolute atomic E-state index is 13.6. The van der Waals surface area contributed by atoms with E-state index < -0.39 is 36.9 Å². The van der Waals surface area contributed by atoms with Gasteiger partial charge in [0.25, 0.3) is 10.0 Å². The Morgan fingerprint density at radius 3 is 2.53 bits per heavy atom. The smallest absolute Gasteiger partial charge is 0.266 e. The van der Waals surface area contributed by atoms with Gasteiger partial charge in [-0.2, -0.15) is 0 Å². The SMILES string of the molecule is Cc1ccc(S(=O)(=O)NC(=O)[C@@H]2CC2(Cl)Cl)c(F)c1. The second-order valence-corrected chi connectivity index (χ2v) is 7.61. The molecule has 1 aliphatic carbocycles.